The van der Waals surface area contributed by atoms with Crippen molar-refractivity contribution in [2.45, 2.75) is 43.9 Å². The largest absolute Gasteiger partial charge is 0.310 e. The van der Waals surface area contributed by atoms with E-state index in [1.807, 2.05) is 0 Å². The van der Waals surface area contributed by atoms with E-state index >= 15 is 0 Å². The molecule has 10 aromatic carbocycles. The molecule has 0 radical (unpaired) electrons. The summed E-state index contributed by atoms with van der Waals surface area (Å²) < 4.78 is 2.39. The first-order valence-corrected chi connectivity index (χ1v) is 24.4. The number of para-hydroxylation sites is 2. The van der Waals surface area contributed by atoms with Crippen molar-refractivity contribution in [2.24, 2.45) is 0 Å². The number of aromatic nitrogens is 1. The molecule has 0 bridgehead atoms. The summed E-state index contributed by atoms with van der Waals surface area (Å²) in [5, 5.41) is 2.51. The van der Waals surface area contributed by atoms with Crippen LogP contribution in [0.1, 0.15) is 72.2 Å². The fourth-order valence-corrected chi connectivity index (χ4v) is 13.1. The van der Waals surface area contributed by atoms with Gasteiger partial charge in [-0.2, -0.15) is 0 Å². The fourth-order valence-electron chi connectivity index (χ4n) is 13.1. The molecule has 2 nitrogen and oxygen atoms in total. The maximum absolute atomic E-state index is 2.53. The van der Waals surface area contributed by atoms with E-state index in [1.54, 1.807) is 0 Å². The third kappa shape index (κ3) is 5.43. The van der Waals surface area contributed by atoms with Crippen molar-refractivity contribution in [3.05, 3.63) is 275 Å². The second-order valence-electron chi connectivity index (χ2n) is 20.4. The highest BCUT2D eigenvalue weighted by Gasteiger charge is 2.53. The molecule has 1 heterocycles. The van der Waals surface area contributed by atoms with Gasteiger partial charge in [-0.05, 0) is 145 Å². The summed E-state index contributed by atoms with van der Waals surface area (Å²) in [7, 11) is 0. The van der Waals surface area contributed by atoms with Crippen molar-refractivity contribution in [1.29, 1.82) is 0 Å². The van der Waals surface area contributed by atoms with E-state index in [9.17, 15) is 0 Å². The summed E-state index contributed by atoms with van der Waals surface area (Å²) in [5.74, 6) is 0. The fraction of sp³-hybridized carbons (Fsp3) is 0.104. The quantitative estimate of drug-likeness (QED) is 0.167. The van der Waals surface area contributed by atoms with Gasteiger partial charge >= 0.3 is 0 Å². The molecule has 3 aliphatic carbocycles. The van der Waals surface area contributed by atoms with Crippen molar-refractivity contribution in [1.82, 2.24) is 4.57 Å². The molecule has 0 fully saturated rings. The Morgan fingerprint density at radius 3 is 1.45 bits per heavy atom. The third-order valence-corrected chi connectivity index (χ3v) is 16.3. The number of hydrogen-bond acceptors (Lipinski definition) is 1. The highest BCUT2D eigenvalue weighted by Crippen LogP contribution is 2.63. The molecule has 3 aliphatic rings. The van der Waals surface area contributed by atoms with Crippen LogP contribution in [0.15, 0.2) is 231 Å². The van der Waals surface area contributed by atoms with Gasteiger partial charge in [-0.25, -0.2) is 0 Å². The second-order valence-corrected chi connectivity index (χ2v) is 20.4. The van der Waals surface area contributed by atoms with Crippen LogP contribution in [-0.2, 0) is 16.2 Å². The minimum absolute atomic E-state index is 0.147. The molecule has 0 saturated carbocycles. The maximum atomic E-state index is 2.53. The van der Waals surface area contributed by atoms with Crippen LogP contribution in [0.4, 0.5) is 17.1 Å². The minimum atomic E-state index is -0.496. The van der Waals surface area contributed by atoms with Gasteiger partial charge in [0.05, 0.1) is 16.4 Å². The lowest BCUT2D eigenvalue weighted by atomic mass is 9.55. The monoisotopic (exact) mass is 882 g/mol. The first kappa shape index (κ1) is 39.9. The normalized spacial score (nSPS) is 15.0. The average molecular weight is 883 g/mol. The van der Waals surface area contributed by atoms with Gasteiger partial charge in [-0.3, -0.25) is 0 Å². The summed E-state index contributed by atoms with van der Waals surface area (Å²) in [6.07, 6.45) is 0. The van der Waals surface area contributed by atoms with E-state index < -0.39 is 5.41 Å². The van der Waals surface area contributed by atoms with Crippen LogP contribution in [0, 0.1) is 0 Å². The molecule has 14 rings (SSSR count). The Morgan fingerprint density at radius 2 is 0.768 bits per heavy atom. The first-order chi connectivity index (χ1) is 33.7. The lowest BCUT2D eigenvalue weighted by Crippen LogP contribution is -2.40. The van der Waals surface area contributed by atoms with Crippen LogP contribution >= 0.6 is 0 Å². The van der Waals surface area contributed by atoms with Crippen LogP contribution < -0.4 is 4.90 Å². The van der Waals surface area contributed by atoms with Crippen LogP contribution in [0.3, 0.4) is 0 Å². The number of nitrogens with zero attached hydrogens (tertiary/aromatic N) is 2. The van der Waals surface area contributed by atoms with Crippen molar-refractivity contribution < 1.29 is 0 Å². The van der Waals surface area contributed by atoms with Crippen molar-refractivity contribution in [2.75, 3.05) is 4.90 Å². The van der Waals surface area contributed by atoms with Gasteiger partial charge < -0.3 is 9.47 Å². The summed E-state index contributed by atoms with van der Waals surface area (Å²) in [4.78, 5) is 2.50. The smallest absolute Gasteiger partial charge is 0.0720 e. The predicted molar refractivity (Wildman–Crippen MR) is 288 cm³/mol. The lowest BCUT2D eigenvalue weighted by Gasteiger charge is -2.46. The zero-order chi connectivity index (χ0) is 46.2. The predicted octanol–water partition coefficient (Wildman–Crippen LogP) is 17.2. The molecule has 0 unspecified atom stereocenters. The topological polar surface area (TPSA) is 8.17 Å². The van der Waals surface area contributed by atoms with Crippen molar-refractivity contribution in [3.63, 3.8) is 0 Å². The molecule has 1 aromatic heterocycles. The van der Waals surface area contributed by atoms with Gasteiger partial charge in [0.2, 0.25) is 0 Å². The van der Waals surface area contributed by atoms with Gasteiger partial charge in [-0.1, -0.05) is 191 Å². The number of rotatable bonds is 5. The van der Waals surface area contributed by atoms with Gasteiger partial charge in [0, 0.05) is 44.4 Å². The van der Waals surface area contributed by atoms with Gasteiger partial charge in [0.1, 0.15) is 0 Å². The van der Waals surface area contributed by atoms with E-state index in [2.05, 4.69) is 268 Å². The SMILES string of the molecule is CC1(C)c2ccccc2-c2ccc(N(c3ccc(-c4ccc5c(c4)c4ccccc4n5-c4ccccc4)cc3)c3ccc4c(c3)C3(c5ccccc5-4)c4ccccc4C(C)(C)c4ccccc43)cc21. The number of anilines is 3. The Bertz CT molecular complexity index is 3850. The Morgan fingerprint density at radius 1 is 0.304 bits per heavy atom. The van der Waals surface area contributed by atoms with Gasteiger partial charge in [0.25, 0.3) is 0 Å². The second kappa shape index (κ2) is 14.4. The van der Waals surface area contributed by atoms with Crippen LogP contribution in [-0.4, -0.2) is 4.57 Å². The molecule has 0 atom stereocenters. The summed E-state index contributed by atoms with van der Waals surface area (Å²) >= 11 is 0. The average Bonchev–Trinajstić information content (AvgIpc) is 3.97. The van der Waals surface area contributed by atoms with Crippen LogP contribution in [0.25, 0.3) is 60.9 Å². The standard InChI is InChI=1S/C67H50N2/c1-65(2)55-23-11-8-20-49(55)51-37-35-47(41-61(51)65)68(46-33-30-43(31-34-46)44-32-39-64-54(40-44)53-22-10-17-29-63(53)69(64)45-18-6-5-7-19-45)48-36-38-52-50-21-9-12-24-56(50)67(62(52)42-48)59-27-15-13-25-57(59)66(3,4)58-26-14-16-28-60(58)67/h5-42H,1-4H3. The Kier molecular flexibility index (Phi) is 8.33. The molecule has 2 heteroatoms. The molecular formula is C67H50N2. The molecule has 69 heavy (non-hydrogen) atoms. The third-order valence-electron chi connectivity index (χ3n) is 16.3. The zero-order valence-electron chi connectivity index (χ0n) is 39.3. The highest BCUT2D eigenvalue weighted by atomic mass is 15.1. The molecule has 0 aliphatic heterocycles. The van der Waals surface area contributed by atoms with Gasteiger partial charge in [0.15, 0.2) is 0 Å². The zero-order valence-corrected chi connectivity index (χ0v) is 39.3. The summed E-state index contributed by atoms with van der Waals surface area (Å²) in [6.45, 7) is 9.56. The number of hydrogen-bond donors (Lipinski definition) is 0. The van der Waals surface area contributed by atoms with Crippen LogP contribution in [0.2, 0.25) is 0 Å². The Hall–Kier alpha value is -8.20. The molecule has 11 aromatic rings. The number of benzene rings is 10. The van der Waals surface area contributed by atoms with E-state index in [0.29, 0.717) is 0 Å². The first-order valence-electron chi connectivity index (χ1n) is 24.4. The molecule has 328 valence electrons. The van der Waals surface area contributed by atoms with Gasteiger partial charge in [-0.15, -0.1) is 0 Å². The van der Waals surface area contributed by atoms with Crippen molar-refractivity contribution in [3.8, 4) is 39.1 Å². The van der Waals surface area contributed by atoms with E-state index in [1.165, 1.54) is 105 Å². The number of fused-ring (bicyclic) bond motifs is 15. The van der Waals surface area contributed by atoms with E-state index in [4.69, 9.17) is 0 Å². The molecule has 0 amide bonds. The molecular weight excluding hydrogens is 833 g/mol. The molecule has 0 saturated heterocycles. The van der Waals surface area contributed by atoms with E-state index in [-0.39, 0.29) is 10.8 Å². The minimum Gasteiger partial charge on any atom is -0.310 e. The van der Waals surface area contributed by atoms with E-state index in [0.717, 1.165) is 17.1 Å². The van der Waals surface area contributed by atoms with Crippen molar-refractivity contribution >= 4 is 38.9 Å². The highest BCUT2D eigenvalue weighted by molar-refractivity contribution is 6.10. The Balaban J connectivity index is 0.965. The molecule has 0 N–H and O–H groups in total. The molecule has 1 spiro atoms. The van der Waals surface area contributed by atoms with Crippen LogP contribution in [0.5, 0.6) is 0 Å². The maximum Gasteiger partial charge on any atom is 0.0720 e. The summed E-state index contributed by atoms with van der Waals surface area (Å²) in [5.41, 5.74) is 24.7. The summed E-state index contributed by atoms with van der Waals surface area (Å²) in [6, 6.07) is 86.7. The Labute approximate surface area is 404 Å². The lowest BCUT2D eigenvalue weighted by molar-refractivity contribution is 0.563.